The number of piperidine rings is 1. The van der Waals surface area contributed by atoms with E-state index in [0.717, 1.165) is 57.4 Å². The van der Waals surface area contributed by atoms with Crippen LogP contribution in [0.3, 0.4) is 0 Å². The molecular formula is C25H24N6O4S2. The molecule has 2 aromatic heterocycles. The second kappa shape index (κ2) is 9.51. The number of thioether (sulfide) groups is 1. The van der Waals surface area contributed by atoms with E-state index in [1.165, 1.54) is 4.21 Å². The van der Waals surface area contributed by atoms with Crippen LogP contribution in [-0.4, -0.2) is 74.5 Å². The Morgan fingerprint density at radius 1 is 1.03 bits per heavy atom. The second-order valence-electron chi connectivity index (χ2n) is 9.33. The molecule has 1 aromatic carbocycles. The first kappa shape index (κ1) is 24.0. The summed E-state index contributed by atoms with van der Waals surface area (Å²) in [6.07, 6.45) is 5.74. The Kier molecular flexibility index (Phi) is 6.17. The molecule has 0 atom stereocenters. The molecule has 0 radical (unpaired) electrons. The Bertz CT molecular complexity index is 1450. The number of rotatable bonds is 5. The number of likely N-dealkylation sites (tertiary alicyclic amines) is 1. The van der Waals surface area contributed by atoms with Crippen LogP contribution < -0.4 is 5.32 Å². The fraction of sp³-hybridized carbons (Fsp3) is 0.360. The van der Waals surface area contributed by atoms with Gasteiger partial charge in [0.2, 0.25) is 5.91 Å². The summed E-state index contributed by atoms with van der Waals surface area (Å²) >= 11 is 3.43. The normalized spacial score (nSPS) is 19.2. The van der Waals surface area contributed by atoms with Gasteiger partial charge in [-0.15, -0.1) is 23.1 Å². The molecule has 0 aliphatic carbocycles. The summed E-state index contributed by atoms with van der Waals surface area (Å²) in [5.41, 5.74) is 2.62. The van der Waals surface area contributed by atoms with Crippen molar-refractivity contribution in [1.82, 2.24) is 30.2 Å². The number of nitrogens with one attached hydrogen (secondary N) is 1. The maximum Gasteiger partial charge on any atom is 0.343 e. The fourth-order valence-electron chi connectivity index (χ4n) is 5.24. The van der Waals surface area contributed by atoms with Crippen LogP contribution in [0.15, 0.2) is 34.8 Å². The molecule has 1 N–H and O–H groups in total. The number of benzene rings is 1. The highest BCUT2D eigenvalue weighted by Crippen LogP contribution is 2.37. The summed E-state index contributed by atoms with van der Waals surface area (Å²) in [5, 5.41) is 5.17. The molecule has 190 valence electrons. The lowest BCUT2D eigenvalue weighted by molar-refractivity contribution is -0.122. The molecule has 3 aliphatic rings. The molecule has 3 aliphatic heterocycles. The number of urea groups is 1. The molecule has 6 rings (SSSR count). The number of thiophene rings is 1. The second-order valence-corrected chi connectivity index (χ2v) is 11.5. The predicted octanol–water partition coefficient (Wildman–Crippen LogP) is 3.25. The highest BCUT2D eigenvalue weighted by molar-refractivity contribution is 8.00. The molecule has 2 fully saturated rings. The Hall–Kier alpha value is -3.35. The van der Waals surface area contributed by atoms with Gasteiger partial charge in [0.25, 0.3) is 11.8 Å². The first-order valence-corrected chi connectivity index (χ1v) is 14.1. The van der Waals surface area contributed by atoms with Gasteiger partial charge in [-0.25, -0.2) is 19.8 Å². The minimum atomic E-state index is -0.762. The van der Waals surface area contributed by atoms with Crippen molar-refractivity contribution in [3.63, 3.8) is 0 Å². The molecule has 5 heterocycles. The van der Waals surface area contributed by atoms with Crippen LogP contribution in [0.1, 0.15) is 57.2 Å². The third-order valence-electron chi connectivity index (χ3n) is 7.12. The molecule has 0 spiro atoms. The number of carbonyl (C=O) groups is 4. The van der Waals surface area contributed by atoms with Crippen molar-refractivity contribution in [3.05, 3.63) is 53.0 Å². The monoisotopic (exact) mass is 536 g/mol. The van der Waals surface area contributed by atoms with E-state index >= 15 is 0 Å². The lowest BCUT2D eigenvalue weighted by atomic mass is 9.91. The molecule has 37 heavy (non-hydrogen) atoms. The van der Waals surface area contributed by atoms with Gasteiger partial charge in [-0.2, -0.15) is 5.01 Å². The summed E-state index contributed by atoms with van der Waals surface area (Å²) in [4.78, 5) is 62.1. The Balaban J connectivity index is 1.13. The van der Waals surface area contributed by atoms with Gasteiger partial charge < -0.3 is 0 Å². The van der Waals surface area contributed by atoms with Crippen molar-refractivity contribution >= 4 is 57.1 Å². The summed E-state index contributed by atoms with van der Waals surface area (Å²) in [5.74, 6) is -1.14. The van der Waals surface area contributed by atoms with Crippen molar-refractivity contribution in [3.8, 4) is 0 Å². The van der Waals surface area contributed by atoms with E-state index in [0.29, 0.717) is 12.5 Å². The zero-order chi connectivity index (χ0) is 25.7. The molecule has 0 bridgehead atoms. The molecule has 2 saturated heterocycles. The molecular weight excluding hydrogens is 512 g/mol. The van der Waals surface area contributed by atoms with Crippen molar-refractivity contribution in [1.29, 1.82) is 0 Å². The standard InChI is InChI=1S/C25H24N6O4S2/c1-36-20-11-18-21(26-13-27-22(18)37-20)15-4-7-29(8-5-15)12-14-2-3-16-17(10-14)24(34)31(23(16)33)30-9-6-19(32)28-25(30)35/h2-3,10-11,13,15H,4-9,12H2,1H3,(H,28,32,35). The molecule has 3 aromatic rings. The predicted molar refractivity (Wildman–Crippen MR) is 138 cm³/mol. The average Bonchev–Trinajstić information content (AvgIpc) is 3.43. The highest BCUT2D eigenvalue weighted by Gasteiger charge is 2.43. The lowest BCUT2D eigenvalue weighted by Crippen LogP contribution is -2.58. The van der Waals surface area contributed by atoms with Crippen LogP contribution in [-0.2, 0) is 11.3 Å². The van der Waals surface area contributed by atoms with Gasteiger partial charge in [-0.1, -0.05) is 6.07 Å². The highest BCUT2D eigenvalue weighted by atomic mass is 32.2. The number of imide groups is 2. The molecule has 12 heteroatoms. The van der Waals surface area contributed by atoms with E-state index in [4.69, 9.17) is 0 Å². The van der Waals surface area contributed by atoms with Crippen molar-refractivity contribution in [2.45, 2.75) is 35.9 Å². The lowest BCUT2D eigenvalue weighted by Gasteiger charge is -2.32. The SMILES string of the molecule is CSc1cc2c(C3CCN(Cc4ccc5c(c4)C(=O)N(N4CCC(=O)NC4=O)C5=O)CC3)ncnc2s1. The topological polar surface area (TPSA) is 116 Å². The summed E-state index contributed by atoms with van der Waals surface area (Å²) in [6, 6.07) is 6.70. The van der Waals surface area contributed by atoms with Gasteiger partial charge >= 0.3 is 6.03 Å². The van der Waals surface area contributed by atoms with Crippen LogP contribution in [0.4, 0.5) is 4.79 Å². The zero-order valence-electron chi connectivity index (χ0n) is 20.1. The Labute approximate surface area is 221 Å². The van der Waals surface area contributed by atoms with Crippen LogP contribution in [0.25, 0.3) is 10.2 Å². The first-order valence-electron chi connectivity index (χ1n) is 12.1. The van der Waals surface area contributed by atoms with Crippen molar-refractivity contribution < 1.29 is 19.2 Å². The average molecular weight is 537 g/mol. The van der Waals surface area contributed by atoms with Gasteiger partial charge in [0.05, 0.1) is 27.6 Å². The third kappa shape index (κ3) is 4.28. The van der Waals surface area contributed by atoms with E-state index in [2.05, 4.69) is 32.5 Å². The number of aromatic nitrogens is 2. The maximum absolute atomic E-state index is 13.1. The smallest absolute Gasteiger partial charge is 0.299 e. The minimum absolute atomic E-state index is 0.0133. The molecule has 10 nitrogen and oxygen atoms in total. The van der Waals surface area contributed by atoms with Gasteiger partial charge in [0.15, 0.2) is 0 Å². The number of hydrogen-bond acceptors (Lipinski definition) is 9. The third-order valence-corrected chi connectivity index (χ3v) is 9.23. The van der Waals surface area contributed by atoms with Gasteiger partial charge in [0.1, 0.15) is 11.2 Å². The van der Waals surface area contributed by atoms with Crippen LogP contribution in [0.5, 0.6) is 0 Å². The van der Waals surface area contributed by atoms with Crippen LogP contribution in [0.2, 0.25) is 0 Å². The number of hydrazine groups is 1. The van der Waals surface area contributed by atoms with Gasteiger partial charge in [-0.3, -0.25) is 24.6 Å². The van der Waals surface area contributed by atoms with Crippen LogP contribution in [0, 0.1) is 0 Å². The summed E-state index contributed by atoms with van der Waals surface area (Å²) in [6.45, 7) is 2.44. The fourth-order valence-corrected chi connectivity index (χ4v) is 6.79. The first-order chi connectivity index (χ1) is 17.9. The van der Waals surface area contributed by atoms with Crippen molar-refractivity contribution in [2.24, 2.45) is 0 Å². The number of hydrogen-bond donors (Lipinski definition) is 1. The maximum atomic E-state index is 13.1. The van der Waals surface area contributed by atoms with E-state index in [1.54, 1.807) is 41.6 Å². The van der Waals surface area contributed by atoms with E-state index in [9.17, 15) is 19.2 Å². The number of fused-ring (bicyclic) bond motifs is 2. The number of carbonyl (C=O) groups excluding carboxylic acids is 4. The van der Waals surface area contributed by atoms with E-state index in [1.807, 2.05) is 6.07 Å². The minimum Gasteiger partial charge on any atom is -0.299 e. The summed E-state index contributed by atoms with van der Waals surface area (Å²) < 4.78 is 1.24. The van der Waals surface area contributed by atoms with Crippen LogP contribution >= 0.6 is 23.1 Å². The quantitative estimate of drug-likeness (QED) is 0.390. The van der Waals surface area contributed by atoms with E-state index < -0.39 is 23.8 Å². The van der Waals surface area contributed by atoms with E-state index in [-0.39, 0.29) is 24.1 Å². The van der Waals surface area contributed by atoms with Crippen molar-refractivity contribution in [2.75, 3.05) is 25.9 Å². The number of amides is 5. The Morgan fingerprint density at radius 3 is 2.57 bits per heavy atom. The molecule has 0 saturated carbocycles. The largest absolute Gasteiger partial charge is 0.343 e. The van der Waals surface area contributed by atoms with Gasteiger partial charge in [-0.05, 0) is 55.9 Å². The van der Waals surface area contributed by atoms with Gasteiger partial charge in [0, 0.05) is 24.3 Å². The molecule has 5 amide bonds. The molecule has 0 unspecified atom stereocenters. The number of nitrogens with zero attached hydrogens (tertiary/aromatic N) is 5. The zero-order valence-corrected chi connectivity index (χ0v) is 21.7. The Morgan fingerprint density at radius 2 is 1.81 bits per heavy atom. The summed E-state index contributed by atoms with van der Waals surface area (Å²) in [7, 11) is 0.